The van der Waals surface area contributed by atoms with Gasteiger partial charge in [0.05, 0.1) is 24.0 Å². The molecule has 7 nitrogen and oxygen atoms in total. The van der Waals surface area contributed by atoms with Gasteiger partial charge in [-0.15, -0.1) is 0 Å². The van der Waals surface area contributed by atoms with Gasteiger partial charge in [0.1, 0.15) is 6.10 Å². The SMILES string of the molecule is CCC(C)(C)C(=O)O[C@H]1C[C@H](CN)C=C2C=C[C@H](C)[C@H](CC[C@@H](O)C[C@@H](O)CC(=O)O)[C@H]21. The molecule has 32 heavy (non-hydrogen) atoms. The maximum Gasteiger partial charge on any atom is 0.311 e. The van der Waals surface area contributed by atoms with Crippen molar-refractivity contribution in [2.75, 3.05) is 6.54 Å². The minimum atomic E-state index is -1.08. The summed E-state index contributed by atoms with van der Waals surface area (Å²) in [5.74, 6) is -0.687. The molecule has 182 valence electrons. The van der Waals surface area contributed by atoms with E-state index in [2.05, 4.69) is 25.2 Å². The second kappa shape index (κ2) is 11.4. The van der Waals surface area contributed by atoms with Crippen molar-refractivity contribution in [3.63, 3.8) is 0 Å². The number of fused-ring (bicyclic) bond motifs is 1. The summed E-state index contributed by atoms with van der Waals surface area (Å²) in [7, 11) is 0. The van der Waals surface area contributed by atoms with Crippen LogP contribution in [0, 0.1) is 29.1 Å². The average Bonchev–Trinajstić information content (AvgIpc) is 2.72. The van der Waals surface area contributed by atoms with E-state index in [9.17, 15) is 19.8 Å². The largest absolute Gasteiger partial charge is 0.481 e. The van der Waals surface area contributed by atoms with E-state index in [1.807, 2.05) is 20.8 Å². The molecule has 0 fully saturated rings. The monoisotopic (exact) mass is 451 g/mol. The van der Waals surface area contributed by atoms with Gasteiger partial charge in [-0.2, -0.15) is 0 Å². The van der Waals surface area contributed by atoms with Crippen LogP contribution in [-0.2, 0) is 14.3 Å². The van der Waals surface area contributed by atoms with Gasteiger partial charge in [0.25, 0.3) is 0 Å². The summed E-state index contributed by atoms with van der Waals surface area (Å²) in [6.07, 6.45) is 6.54. The number of hydrogen-bond acceptors (Lipinski definition) is 6. The Labute approximate surface area is 191 Å². The number of allylic oxidation sites excluding steroid dienone is 2. The number of aliphatic carboxylic acids is 1. The van der Waals surface area contributed by atoms with Crippen molar-refractivity contribution in [3.8, 4) is 0 Å². The third kappa shape index (κ3) is 6.90. The number of aliphatic hydroxyl groups excluding tert-OH is 2. The summed E-state index contributed by atoms with van der Waals surface area (Å²) in [6.45, 7) is 8.40. The number of aliphatic hydroxyl groups is 2. The van der Waals surface area contributed by atoms with E-state index in [-0.39, 0.29) is 48.6 Å². The first-order chi connectivity index (χ1) is 15.0. The normalized spacial score (nSPS) is 29.6. The van der Waals surface area contributed by atoms with Gasteiger partial charge in [0.2, 0.25) is 0 Å². The first kappa shape index (κ1) is 26.6. The van der Waals surface area contributed by atoms with E-state index >= 15 is 0 Å². The molecule has 7 atom stereocenters. The number of nitrogens with two attached hydrogens (primary N) is 1. The van der Waals surface area contributed by atoms with Crippen LogP contribution in [0.15, 0.2) is 23.8 Å². The van der Waals surface area contributed by atoms with Crippen molar-refractivity contribution < 1.29 is 29.6 Å². The van der Waals surface area contributed by atoms with Gasteiger partial charge in [-0.05, 0) is 75.8 Å². The lowest BCUT2D eigenvalue weighted by atomic mass is 9.65. The molecule has 0 aromatic heterocycles. The van der Waals surface area contributed by atoms with Crippen molar-refractivity contribution in [1.82, 2.24) is 0 Å². The quantitative estimate of drug-likeness (QED) is 0.355. The first-order valence-corrected chi connectivity index (χ1v) is 11.9. The maximum absolute atomic E-state index is 12.9. The Morgan fingerprint density at radius 2 is 1.97 bits per heavy atom. The molecule has 0 aromatic carbocycles. The number of carboxylic acids is 1. The smallest absolute Gasteiger partial charge is 0.311 e. The van der Waals surface area contributed by atoms with Crippen LogP contribution in [0.25, 0.3) is 0 Å². The third-order valence-corrected chi connectivity index (χ3v) is 7.26. The van der Waals surface area contributed by atoms with Crippen molar-refractivity contribution in [3.05, 3.63) is 23.8 Å². The molecule has 5 N–H and O–H groups in total. The fourth-order valence-electron chi connectivity index (χ4n) is 4.80. The van der Waals surface area contributed by atoms with Crippen LogP contribution in [0.2, 0.25) is 0 Å². The zero-order valence-electron chi connectivity index (χ0n) is 19.9. The summed E-state index contributed by atoms with van der Waals surface area (Å²) in [6, 6.07) is 0. The Balaban J connectivity index is 2.16. The fourth-order valence-corrected chi connectivity index (χ4v) is 4.80. The molecule has 0 saturated heterocycles. The summed E-state index contributed by atoms with van der Waals surface area (Å²) in [4.78, 5) is 23.6. The predicted octanol–water partition coefficient (Wildman–Crippen LogP) is 3.04. The van der Waals surface area contributed by atoms with E-state index < -0.39 is 23.6 Å². The van der Waals surface area contributed by atoms with Crippen LogP contribution in [0.4, 0.5) is 0 Å². The molecule has 0 bridgehead atoms. The lowest BCUT2D eigenvalue weighted by Gasteiger charge is -2.44. The number of rotatable bonds is 11. The average molecular weight is 452 g/mol. The summed E-state index contributed by atoms with van der Waals surface area (Å²) < 4.78 is 6.11. The van der Waals surface area contributed by atoms with Gasteiger partial charge >= 0.3 is 11.9 Å². The Hall–Kier alpha value is -1.70. The van der Waals surface area contributed by atoms with E-state index in [0.29, 0.717) is 32.2 Å². The Bertz CT molecular complexity index is 715. The highest BCUT2D eigenvalue weighted by molar-refractivity contribution is 5.76. The second-order valence-corrected chi connectivity index (χ2v) is 10.2. The van der Waals surface area contributed by atoms with Crippen LogP contribution in [0.5, 0.6) is 0 Å². The molecular formula is C25H41NO6. The highest BCUT2D eigenvalue weighted by Crippen LogP contribution is 2.45. The van der Waals surface area contributed by atoms with Crippen molar-refractivity contribution in [2.45, 2.75) is 84.5 Å². The van der Waals surface area contributed by atoms with Crippen molar-refractivity contribution >= 4 is 11.9 Å². The summed E-state index contributed by atoms with van der Waals surface area (Å²) in [5.41, 5.74) is 6.55. The molecule has 0 heterocycles. The molecular weight excluding hydrogens is 410 g/mol. The van der Waals surface area contributed by atoms with Crippen molar-refractivity contribution in [1.29, 1.82) is 0 Å². The minimum Gasteiger partial charge on any atom is -0.481 e. The maximum atomic E-state index is 12.9. The topological polar surface area (TPSA) is 130 Å². The molecule has 0 amide bonds. The molecule has 0 spiro atoms. The minimum absolute atomic E-state index is 0.0329. The number of carbonyl (C=O) groups excluding carboxylic acids is 1. The molecule has 0 aliphatic heterocycles. The third-order valence-electron chi connectivity index (χ3n) is 7.26. The number of carboxylic acid groups (broad SMARTS) is 1. The summed E-state index contributed by atoms with van der Waals surface area (Å²) in [5, 5.41) is 29.0. The molecule has 2 aliphatic rings. The predicted molar refractivity (Wildman–Crippen MR) is 123 cm³/mol. The van der Waals surface area contributed by atoms with Crippen molar-refractivity contribution in [2.24, 2.45) is 34.8 Å². The number of hydrogen-bond donors (Lipinski definition) is 4. The molecule has 0 aromatic rings. The van der Waals surface area contributed by atoms with Crippen LogP contribution >= 0.6 is 0 Å². The Morgan fingerprint density at radius 3 is 2.56 bits per heavy atom. The van der Waals surface area contributed by atoms with E-state index in [0.717, 1.165) is 5.57 Å². The standard InChI is InChI=1S/C25H41NO6/c1-5-25(3,4)24(31)32-21-11-16(14-26)10-17-7-6-15(2)20(23(17)21)9-8-18(27)12-19(28)13-22(29)30/h6-7,10,15-16,18-21,23,27-28H,5,8-9,11-14,26H2,1-4H3,(H,29,30)/t15-,16+,18+,19+,20-,21-,23-/m0/s1. The molecule has 0 saturated carbocycles. The highest BCUT2D eigenvalue weighted by Gasteiger charge is 2.43. The van der Waals surface area contributed by atoms with Gasteiger partial charge in [-0.3, -0.25) is 9.59 Å². The second-order valence-electron chi connectivity index (χ2n) is 10.2. The molecule has 2 aliphatic carbocycles. The molecule has 0 unspecified atom stereocenters. The summed E-state index contributed by atoms with van der Waals surface area (Å²) >= 11 is 0. The number of carbonyl (C=O) groups is 2. The van der Waals surface area contributed by atoms with Crippen LogP contribution in [0.3, 0.4) is 0 Å². The van der Waals surface area contributed by atoms with Crippen LogP contribution in [-0.4, -0.2) is 52.1 Å². The highest BCUT2D eigenvalue weighted by atomic mass is 16.5. The fraction of sp³-hybridized carbons (Fsp3) is 0.760. The van der Waals surface area contributed by atoms with Crippen LogP contribution in [0.1, 0.15) is 66.2 Å². The van der Waals surface area contributed by atoms with Crippen LogP contribution < -0.4 is 5.73 Å². The first-order valence-electron chi connectivity index (χ1n) is 11.9. The number of esters is 1. The van der Waals surface area contributed by atoms with Gasteiger partial charge in [-0.25, -0.2) is 0 Å². The molecule has 0 radical (unpaired) electrons. The zero-order valence-corrected chi connectivity index (χ0v) is 19.9. The lowest BCUT2D eigenvalue weighted by molar-refractivity contribution is -0.164. The van der Waals surface area contributed by atoms with E-state index in [1.165, 1.54) is 0 Å². The van der Waals surface area contributed by atoms with Gasteiger partial charge < -0.3 is 25.8 Å². The van der Waals surface area contributed by atoms with E-state index in [4.69, 9.17) is 15.6 Å². The van der Waals surface area contributed by atoms with Gasteiger partial charge in [-0.1, -0.05) is 32.1 Å². The van der Waals surface area contributed by atoms with Gasteiger partial charge in [0.15, 0.2) is 0 Å². The number of ether oxygens (including phenoxy) is 1. The van der Waals surface area contributed by atoms with Gasteiger partial charge in [0, 0.05) is 5.92 Å². The Morgan fingerprint density at radius 1 is 1.28 bits per heavy atom. The molecule has 7 heteroatoms. The lowest BCUT2D eigenvalue weighted by Crippen LogP contribution is -2.44. The Kier molecular flexibility index (Phi) is 9.49. The van der Waals surface area contributed by atoms with E-state index in [1.54, 1.807) is 0 Å². The molecule has 2 rings (SSSR count). The zero-order chi connectivity index (χ0) is 24.1.